The van der Waals surface area contributed by atoms with Crippen LogP contribution in [0.25, 0.3) is 0 Å². The zero-order valence-corrected chi connectivity index (χ0v) is 14.8. The molecule has 4 rings (SSSR count). The van der Waals surface area contributed by atoms with Crippen molar-refractivity contribution in [3.8, 4) is 5.75 Å². The van der Waals surface area contributed by atoms with Gasteiger partial charge in [0.2, 0.25) is 0 Å². The lowest BCUT2D eigenvalue weighted by Gasteiger charge is -2.38. The predicted octanol–water partition coefficient (Wildman–Crippen LogP) is 4.51. The average Bonchev–Trinajstić information content (AvgIpc) is 2.68. The van der Waals surface area contributed by atoms with Gasteiger partial charge in [0.15, 0.2) is 0 Å². The van der Waals surface area contributed by atoms with Gasteiger partial charge in [0.1, 0.15) is 11.9 Å². The Kier molecular flexibility index (Phi) is 4.22. The van der Waals surface area contributed by atoms with E-state index in [4.69, 9.17) is 16.3 Å². The summed E-state index contributed by atoms with van der Waals surface area (Å²) in [6, 6.07) is 16.5. The van der Waals surface area contributed by atoms with Crippen LogP contribution in [-0.2, 0) is 0 Å². The molecule has 0 bridgehead atoms. The van der Waals surface area contributed by atoms with Crippen LogP contribution in [0.5, 0.6) is 5.75 Å². The molecule has 1 atom stereocenters. The van der Waals surface area contributed by atoms with E-state index in [1.807, 2.05) is 42.5 Å². The number of ether oxygens (including phenoxy) is 1. The summed E-state index contributed by atoms with van der Waals surface area (Å²) >= 11 is 6.29. The lowest BCUT2D eigenvalue weighted by molar-refractivity contribution is 0.0975. The number of fused-ring (bicyclic) bond motifs is 1. The third kappa shape index (κ3) is 2.76. The molecule has 0 radical (unpaired) electrons. The molecule has 1 aliphatic rings. The van der Waals surface area contributed by atoms with Crippen LogP contribution < -0.4 is 15.0 Å². The van der Waals surface area contributed by atoms with Crippen LogP contribution in [0.2, 0.25) is 5.02 Å². The van der Waals surface area contributed by atoms with Crippen LogP contribution in [0.15, 0.2) is 67.0 Å². The van der Waals surface area contributed by atoms with Crippen molar-refractivity contribution in [2.45, 2.75) is 6.17 Å². The number of methoxy groups -OCH3 is 1. The van der Waals surface area contributed by atoms with Crippen molar-refractivity contribution >= 4 is 28.9 Å². The third-order valence-electron chi connectivity index (χ3n) is 4.34. The zero-order chi connectivity index (χ0) is 18.1. The molecular formula is C20H16ClN3O2. The van der Waals surface area contributed by atoms with Gasteiger partial charge in [-0.1, -0.05) is 29.8 Å². The minimum atomic E-state index is -0.393. The topological polar surface area (TPSA) is 54.5 Å². The van der Waals surface area contributed by atoms with Crippen molar-refractivity contribution in [2.24, 2.45) is 0 Å². The molecule has 0 saturated carbocycles. The first-order valence-corrected chi connectivity index (χ1v) is 8.49. The van der Waals surface area contributed by atoms with Gasteiger partial charge in [0.25, 0.3) is 5.91 Å². The fourth-order valence-electron chi connectivity index (χ4n) is 3.10. The summed E-state index contributed by atoms with van der Waals surface area (Å²) in [7, 11) is 1.56. The van der Waals surface area contributed by atoms with Gasteiger partial charge in [-0.3, -0.25) is 14.7 Å². The second kappa shape index (κ2) is 6.69. The summed E-state index contributed by atoms with van der Waals surface area (Å²) in [5.41, 5.74) is 2.96. The van der Waals surface area contributed by atoms with Gasteiger partial charge in [-0.15, -0.1) is 0 Å². The van der Waals surface area contributed by atoms with Crippen LogP contribution in [0.4, 0.5) is 11.4 Å². The number of benzene rings is 2. The lowest BCUT2D eigenvalue weighted by Crippen LogP contribution is -2.43. The van der Waals surface area contributed by atoms with Gasteiger partial charge in [-0.2, -0.15) is 0 Å². The van der Waals surface area contributed by atoms with Gasteiger partial charge < -0.3 is 10.1 Å². The van der Waals surface area contributed by atoms with Gasteiger partial charge >= 0.3 is 0 Å². The Balaban J connectivity index is 1.85. The Hall–Kier alpha value is -3.05. The van der Waals surface area contributed by atoms with Crippen LogP contribution >= 0.6 is 11.6 Å². The number of carbonyl (C=O) groups is 1. The van der Waals surface area contributed by atoms with Crippen molar-refractivity contribution in [3.63, 3.8) is 0 Å². The number of amides is 1. The van der Waals surface area contributed by atoms with Crippen molar-refractivity contribution < 1.29 is 9.53 Å². The molecule has 0 fully saturated rings. The van der Waals surface area contributed by atoms with Crippen molar-refractivity contribution in [3.05, 3.63) is 83.1 Å². The molecule has 5 nitrogen and oxygen atoms in total. The van der Waals surface area contributed by atoms with Crippen molar-refractivity contribution in [2.75, 3.05) is 17.3 Å². The average molecular weight is 366 g/mol. The second-order valence-electron chi connectivity index (χ2n) is 5.87. The molecular weight excluding hydrogens is 350 g/mol. The quantitative estimate of drug-likeness (QED) is 0.741. The van der Waals surface area contributed by atoms with E-state index < -0.39 is 6.17 Å². The minimum Gasteiger partial charge on any atom is -0.495 e. The molecule has 1 N–H and O–H groups in total. The molecule has 26 heavy (non-hydrogen) atoms. The van der Waals surface area contributed by atoms with E-state index >= 15 is 0 Å². The number of anilines is 2. The highest BCUT2D eigenvalue weighted by Gasteiger charge is 2.34. The number of rotatable bonds is 3. The SMILES string of the molecule is COc1ccc(N2C(=O)c3ccccc3NC2c2cccnc2)cc1Cl. The largest absolute Gasteiger partial charge is 0.495 e. The number of hydrogen-bond donors (Lipinski definition) is 1. The van der Waals surface area contributed by atoms with E-state index in [2.05, 4.69) is 10.3 Å². The summed E-state index contributed by atoms with van der Waals surface area (Å²) in [6.45, 7) is 0. The molecule has 0 saturated heterocycles. The molecule has 130 valence electrons. The number of nitrogens with zero attached hydrogens (tertiary/aromatic N) is 2. The molecule has 3 aromatic rings. The maximum absolute atomic E-state index is 13.3. The third-order valence-corrected chi connectivity index (χ3v) is 4.64. The Morgan fingerprint density at radius 1 is 1.15 bits per heavy atom. The Morgan fingerprint density at radius 2 is 2.00 bits per heavy atom. The fraction of sp³-hybridized carbons (Fsp3) is 0.100. The maximum Gasteiger partial charge on any atom is 0.262 e. The van der Waals surface area contributed by atoms with Gasteiger partial charge in [0, 0.05) is 29.3 Å². The maximum atomic E-state index is 13.3. The summed E-state index contributed by atoms with van der Waals surface area (Å²) < 4.78 is 5.22. The van der Waals surface area contributed by atoms with Crippen LogP contribution in [0, 0.1) is 0 Å². The smallest absolute Gasteiger partial charge is 0.262 e. The first kappa shape index (κ1) is 16.4. The van der Waals surface area contributed by atoms with E-state index in [1.54, 1.807) is 36.5 Å². The number of carbonyl (C=O) groups excluding carboxylic acids is 1. The van der Waals surface area contributed by atoms with E-state index in [0.717, 1.165) is 11.3 Å². The number of hydrogen-bond acceptors (Lipinski definition) is 4. The Bertz CT molecular complexity index is 962. The van der Waals surface area contributed by atoms with Gasteiger partial charge in [-0.05, 0) is 36.4 Å². The van der Waals surface area contributed by atoms with E-state index in [0.29, 0.717) is 22.0 Å². The second-order valence-corrected chi connectivity index (χ2v) is 6.28. The van der Waals surface area contributed by atoms with Crippen molar-refractivity contribution in [1.82, 2.24) is 4.98 Å². The van der Waals surface area contributed by atoms with Gasteiger partial charge in [0.05, 0.1) is 17.7 Å². The first-order valence-electron chi connectivity index (χ1n) is 8.11. The number of pyridine rings is 1. The molecule has 6 heteroatoms. The molecule has 1 unspecified atom stereocenters. The number of aromatic nitrogens is 1. The minimum absolute atomic E-state index is 0.102. The first-order chi connectivity index (χ1) is 12.7. The number of halogens is 1. The standard InChI is InChI=1S/C20H16ClN3O2/c1-26-18-9-8-14(11-16(18)21)24-19(13-5-4-10-22-12-13)23-17-7-3-2-6-15(17)20(24)25/h2-12,19,23H,1H3. The molecule has 2 aromatic carbocycles. The van der Waals surface area contributed by atoms with E-state index in [1.165, 1.54) is 0 Å². The van der Waals surface area contributed by atoms with E-state index in [-0.39, 0.29) is 5.91 Å². The highest BCUT2D eigenvalue weighted by molar-refractivity contribution is 6.32. The highest BCUT2D eigenvalue weighted by atomic mass is 35.5. The summed E-state index contributed by atoms with van der Waals surface area (Å²) in [5.74, 6) is 0.459. The summed E-state index contributed by atoms with van der Waals surface area (Å²) in [6.07, 6.45) is 3.06. The normalized spacial score (nSPS) is 16.0. The molecule has 1 amide bonds. The molecule has 1 aliphatic heterocycles. The number of nitrogens with one attached hydrogen (secondary N) is 1. The van der Waals surface area contributed by atoms with Crippen LogP contribution in [0.1, 0.15) is 22.1 Å². The molecule has 2 heterocycles. The molecule has 0 aliphatic carbocycles. The molecule has 1 aromatic heterocycles. The summed E-state index contributed by atoms with van der Waals surface area (Å²) in [5, 5.41) is 3.88. The zero-order valence-electron chi connectivity index (χ0n) is 14.0. The monoisotopic (exact) mass is 365 g/mol. The van der Waals surface area contributed by atoms with Crippen molar-refractivity contribution in [1.29, 1.82) is 0 Å². The summed E-state index contributed by atoms with van der Waals surface area (Å²) in [4.78, 5) is 19.1. The van der Waals surface area contributed by atoms with Crippen LogP contribution in [-0.4, -0.2) is 18.0 Å². The molecule has 0 spiro atoms. The fourth-order valence-corrected chi connectivity index (χ4v) is 3.35. The highest BCUT2D eigenvalue weighted by Crippen LogP contribution is 2.38. The van der Waals surface area contributed by atoms with Crippen LogP contribution in [0.3, 0.4) is 0 Å². The van der Waals surface area contributed by atoms with Gasteiger partial charge in [-0.25, -0.2) is 0 Å². The predicted molar refractivity (Wildman–Crippen MR) is 102 cm³/mol. The number of para-hydroxylation sites is 1. The Labute approximate surface area is 156 Å². The Morgan fingerprint density at radius 3 is 2.73 bits per heavy atom. The lowest BCUT2D eigenvalue weighted by atomic mass is 10.0. The van der Waals surface area contributed by atoms with E-state index in [9.17, 15) is 4.79 Å².